The Morgan fingerprint density at radius 1 is 1.41 bits per heavy atom. The second kappa shape index (κ2) is 5.83. The Kier molecular flexibility index (Phi) is 4.40. The predicted molar refractivity (Wildman–Crippen MR) is 66.5 cm³/mol. The average molecular weight is 240 g/mol. The second-order valence-electron chi connectivity index (χ2n) is 5.51. The molecule has 1 aliphatic carbocycles. The summed E-state index contributed by atoms with van der Waals surface area (Å²) in [5.74, 6) is 0.779. The molecule has 4 heteroatoms. The van der Waals surface area contributed by atoms with Crippen LogP contribution in [0.25, 0.3) is 0 Å². The molecule has 4 atom stereocenters. The molecule has 0 aromatic carbocycles. The van der Waals surface area contributed by atoms with Crippen LogP contribution in [-0.4, -0.2) is 31.2 Å². The fraction of sp³-hybridized carbons (Fsp3) is 0.923. The Balaban J connectivity index is 1.72. The van der Waals surface area contributed by atoms with Crippen molar-refractivity contribution in [2.45, 2.75) is 51.2 Å². The fourth-order valence-corrected chi connectivity index (χ4v) is 2.97. The smallest absolute Gasteiger partial charge is 0.225 e. The van der Waals surface area contributed by atoms with Gasteiger partial charge in [-0.3, -0.25) is 4.79 Å². The molecule has 0 aromatic heterocycles. The molecule has 1 saturated heterocycles. The van der Waals surface area contributed by atoms with E-state index in [0.717, 1.165) is 25.8 Å². The van der Waals surface area contributed by atoms with Gasteiger partial charge in [0.15, 0.2) is 0 Å². The molecule has 3 N–H and O–H groups in total. The number of carbonyl (C=O) groups is 1. The van der Waals surface area contributed by atoms with E-state index in [1.807, 2.05) is 6.92 Å². The number of rotatable bonds is 3. The van der Waals surface area contributed by atoms with Gasteiger partial charge in [0, 0.05) is 19.2 Å². The van der Waals surface area contributed by atoms with Crippen LogP contribution in [0.3, 0.4) is 0 Å². The zero-order chi connectivity index (χ0) is 12.3. The van der Waals surface area contributed by atoms with Crippen molar-refractivity contribution < 1.29 is 9.53 Å². The maximum atomic E-state index is 12.0. The van der Waals surface area contributed by atoms with Gasteiger partial charge in [-0.15, -0.1) is 0 Å². The number of nitrogens with two attached hydrogens (primary N) is 1. The molecule has 0 radical (unpaired) electrons. The first-order chi connectivity index (χ1) is 8.16. The van der Waals surface area contributed by atoms with Crippen LogP contribution in [0.2, 0.25) is 0 Å². The number of hydrogen-bond acceptors (Lipinski definition) is 3. The van der Waals surface area contributed by atoms with Gasteiger partial charge in [-0.1, -0.05) is 6.42 Å². The molecule has 1 saturated carbocycles. The zero-order valence-corrected chi connectivity index (χ0v) is 10.7. The summed E-state index contributed by atoms with van der Waals surface area (Å²) in [5.41, 5.74) is 5.94. The number of nitrogens with one attached hydrogen (secondary N) is 1. The van der Waals surface area contributed by atoms with E-state index < -0.39 is 0 Å². The van der Waals surface area contributed by atoms with Gasteiger partial charge in [0.1, 0.15) is 0 Å². The van der Waals surface area contributed by atoms with Gasteiger partial charge in [0.2, 0.25) is 5.91 Å². The van der Waals surface area contributed by atoms with E-state index in [1.165, 1.54) is 12.8 Å². The average Bonchev–Trinajstić information content (AvgIpc) is 2.72. The SMILES string of the molecule is CC1OCCC1C(=O)NCC1CCCC(N)C1. The summed E-state index contributed by atoms with van der Waals surface area (Å²) < 4.78 is 5.41. The largest absolute Gasteiger partial charge is 0.378 e. The maximum Gasteiger partial charge on any atom is 0.225 e. The Bertz CT molecular complexity index is 270. The van der Waals surface area contributed by atoms with E-state index in [4.69, 9.17) is 10.5 Å². The van der Waals surface area contributed by atoms with Gasteiger partial charge in [0.05, 0.1) is 12.0 Å². The molecular formula is C13H24N2O2. The molecule has 4 unspecified atom stereocenters. The van der Waals surface area contributed by atoms with Gasteiger partial charge >= 0.3 is 0 Å². The van der Waals surface area contributed by atoms with Crippen LogP contribution in [0.5, 0.6) is 0 Å². The minimum absolute atomic E-state index is 0.0484. The van der Waals surface area contributed by atoms with Crippen molar-refractivity contribution >= 4 is 5.91 Å². The molecule has 2 fully saturated rings. The van der Waals surface area contributed by atoms with Crippen LogP contribution in [0.4, 0.5) is 0 Å². The Morgan fingerprint density at radius 3 is 2.88 bits per heavy atom. The molecule has 2 aliphatic rings. The monoisotopic (exact) mass is 240 g/mol. The molecule has 1 amide bonds. The van der Waals surface area contributed by atoms with Crippen molar-refractivity contribution in [3.05, 3.63) is 0 Å². The van der Waals surface area contributed by atoms with Crippen LogP contribution in [0.15, 0.2) is 0 Å². The highest BCUT2D eigenvalue weighted by Gasteiger charge is 2.31. The number of amides is 1. The van der Waals surface area contributed by atoms with E-state index in [1.54, 1.807) is 0 Å². The lowest BCUT2D eigenvalue weighted by Crippen LogP contribution is -2.39. The number of hydrogen-bond donors (Lipinski definition) is 2. The van der Waals surface area contributed by atoms with E-state index in [2.05, 4.69) is 5.32 Å². The molecule has 98 valence electrons. The summed E-state index contributed by atoms with van der Waals surface area (Å²) in [4.78, 5) is 12.0. The summed E-state index contributed by atoms with van der Waals surface area (Å²) in [6, 6.07) is 0.333. The Hall–Kier alpha value is -0.610. The normalized spacial score (nSPS) is 38.0. The minimum Gasteiger partial charge on any atom is -0.378 e. The number of carbonyl (C=O) groups excluding carboxylic acids is 1. The summed E-state index contributed by atoms with van der Waals surface area (Å²) in [6.45, 7) is 3.48. The second-order valence-corrected chi connectivity index (χ2v) is 5.51. The summed E-state index contributed by atoms with van der Waals surface area (Å²) in [7, 11) is 0. The maximum absolute atomic E-state index is 12.0. The zero-order valence-electron chi connectivity index (χ0n) is 10.7. The summed E-state index contributed by atoms with van der Waals surface area (Å²) in [5, 5.41) is 3.07. The quantitative estimate of drug-likeness (QED) is 0.775. The lowest BCUT2D eigenvalue weighted by atomic mass is 9.86. The molecular weight excluding hydrogens is 216 g/mol. The fourth-order valence-electron chi connectivity index (χ4n) is 2.97. The van der Waals surface area contributed by atoms with E-state index in [0.29, 0.717) is 18.6 Å². The summed E-state index contributed by atoms with van der Waals surface area (Å²) in [6.07, 6.45) is 5.52. The van der Waals surface area contributed by atoms with Gasteiger partial charge in [-0.25, -0.2) is 0 Å². The van der Waals surface area contributed by atoms with Gasteiger partial charge in [0.25, 0.3) is 0 Å². The van der Waals surface area contributed by atoms with Crippen molar-refractivity contribution in [3.63, 3.8) is 0 Å². The number of ether oxygens (including phenoxy) is 1. The summed E-state index contributed by atoms with van der Waals surface area (Å²) >= 11 is 0. The van der Waals surface area contributed by atoms with Crippen LogP contribution in [0, 0.1) is 11.8 Å². The molecule has 1 heterocycles. The molecule has 2 rings (SSSR count). The first-order valence-corrected chi connectivity index (χ1v) is 6.81. The highest BCUT2D eigenvalue weighted by Crippen LogP contribution is 2.23. The standard InChI is InChI=1S/C13H24N2O2/c1-9-12(5-6-17-9)13(16)15-8-10-3-2-4-11(14)7-10/h9-12H,2-8,14H2,1H3,(H,15,16). The third-order valence-corrected chi connectivity index (χ3v) is 4.10. The third kappa shape index (κ3) is 3.42. The van der Waals surface area contributed by atoms with Crippen LogP contribution < -0.4 is 11.1 Å². The Morgan fingerprint density at radius 2 is 2.24 bits per heavy atom. The van der Waals surface area contributed by atoms with Gasteiger partial charge in [-0.2, -0.15) is 0 Å². The molecule has 0 spiro atoms. The topological polar surface area (TPSA) is 64.3 Å². The molecule has 0 aromatic rings. The highest BCUT2D eigenvalue weighted by molar-refractivity contribution is 5.79. The van der Waals surface area contributed by atoms with Crippen LogP contribution in [0.1, 0.15) is 39.0 Å². The van der Waals surface area contributed by atoms with E-state index in [-0.39, 0.29) is 17.9 Å². The Labute approximate surface area is 103 Å². The molecule has 17 heavy (non-hydrogen) atoms. The van der Waals surface area contributed by atoms with Crippen molar-refractivity contribution in [1.82, 2.24) is 5.32 Å². The molecule has 0 bridgehead atoms. The van der Waals surface area contributed by atoms with Crippen molar-refractivity contribution in [2.24, 2.45) is 17.6 Å². The first kappa shape index (κ1) is 12.8. The van der Waals surface area contributed by atoms with Crippen LogP contribution >= 0.6 is 0 Å². The van der Waals surface area contributed by atoms with E-state index >= 15 is 0 Å². The minimum atomic E-state index is 0.0484. The lowest BCUT2D eigenvalue weighted by molar-refractivity contribution is -0.126. The van der Waals surface area contributed by atoms with Crippen molar-refractivity contribution in [2.75, 3.05) is 13.2 Å². The molecule has 4 nitrogen and oxygen atoms in total. The molecule has 1 aliphatic heterocycles. The van der Waals surface area contributed by atoms with Gasteiger partial charge in [-0.05, 0) is 38.5 Å². The van der Waals surface area contributed by atoms with Crippen molar-refractivity contribution in [1.29, 1.82) is 0 Å². The van der Waals surface area contributed by atoms with Crippen LogP contribution in [-0.2, 0) is 9.53 Å². The highest BCUT2D eigenvalue weighted by atomic mass is 16.5. The first-order valence-electron chi connectivity index (χ1n) is 6.81. The predicted octanol–water partition coefficient (Wildman–Crippen LogP) is 1.05. The third-order valence-electron chi connectivity index (χ3n) is 4.10. The van der Waals surface area contributed by atoms with E-state index in [9.17, 15) is 4.79 Å². The van der Waals surface area contributed by atoms with Gasteiger partial charge < -0.3 is 15.8 Å². The lowest BCUT2D eigenvalue weighted by Gasteiger charge is -2.27. The van der Waals surface area contributed by atoms with Crippen molar-refractivity contribution in [3.8, 4) is 0 Å².